The van der Waals surface area contributed by atoms with Gasteiger partial charge in [0.2, 0.25) is 0 Å². The fourth-order valence-electron chi connectivity index (χ4n) is 2.01. The zero-order valence-electron chi connectivity index (χ0n) is 11.3. The van der Waals surface area contributed by atoms with Gasteiger partial charge in [-0.3, -0.25) is 4.79 Å². The third kappa shape index (κ3) is 5.35. The average molecular weight is 249 g/mol. The third-order valence-corrected chi connectivity index (χ3v) is 2.80. The number of aryl methyl sites for hydroxylation is 1. The minimum absolute atomic E-state index is 0. The van der Waals surface area contributed by atoms with E-state index in [9.17, 15) is 4.79 Å². The maximum absolute atomic E-state index is 12.0. The Bertz CT molecular complexity index is 371. The summed E-state index contributed by atoms with van der Waals surface area (Å²) in [5.41, 5.74) is 1.97. The lowest BCUT2D eigenvalue weighted by Gasteiger charge is -2.16. The molecule has 0 saturated heterocycles. The monoisotopic (exact) mass is 249 g/mol. The molecule has 0 aromatic heterocycles. The third-order valence-electron chi connectivity index (χ3n) is 2.80. The normalized spacial score (nSPS) is 11.8. The number of rotatable bonds is 5. The Labute approximate surface area is 112 Å². The first-order chi connectivity index (χ1) is 8.02. The van der Waals surface area contributed by atoms with Crippen LogP contribution in [0.1, 0.15) is 57.5 Å². The van der Waals surface area contributed by atoms with Crippen molar-refractivity contribution >= 4 is 5.91 Å². The lowest BCUT2D eigenvalue weighted by atomic mass is 10.0. The highest BCUT2D eigenvalue weighted by molar-refractivity contribution is 5.94. The van der Waals surface area contributed by atoms with Gasteiger partial charge in [-0.1, -0.05) is 40.3 Å². The second-order valence-electron chi connectivity index (χ2n) is 5.06. The van der Waals surface area contributed by atoms with Crippen LogP contribution < -0.4 is 5.32 Å². The lowest BCUT2D eigenvalue weighted by molar-refractivity contribution is 0.0936. The maximum Gasteiger partial charge on any atom is 0.251 e. The first-order valence-corrected chi connectivity index (χ1v) is 6.42. The van der Waals surface area contributed by atoms with Gasteiger partial charge >= 0.3 is 0 Å². The lowest BCUT2D eigenvalue weighted by Crippen LogP contribution is -2.33. The number of carbonyl (C=O) groups is 1. The molecule has 2 nitrogen and oxygen atoms in total. The molecule has 0 bridgehead atoms. The number of amides is 1. The van der Waals surface area contributed by atoms with Gasteiger partial charge in [0.15, 0.2) is 0 Å². The van der Waals surface area contributed by atoms with Crippen LogP contribution in [0.15, 0.2) is 24.3 Å². The summed E-state index contributed by atoms with van der Waals surface area (Å²) in [5.74, 6) is 0.640. The molecule has 1 aromatic rings. The molecule has 0 spiro atoms. The molecule has 0 aliphatic rings. The molecule has 1 rings (SSSR count). The molecule has 1 aromatic carbocycles. The van der Waals surface area contributed by atoms with Gasteiger partial charge in [0.1, 0.15) is 0 Å². The Morgan fingerprint density at radius 1 is 1.28 bits per heavy atom. The minimum Gasteiger partial charge on any atom is -0.350 e. The van der Waals surface area contributed by atoms with Crippen molar-refractivity contribution in [1.82, 2.24) is 5.32 Å². The van der Waals surface area contributed by atoms with Crippen LogP contribution in [0.3, 0.4) is 0 Å². The van der Waals surface area contributed by atoms with E-state index in [1.807, 2.05) is 24.3 Å². The first-order valence-electron chi connectivity index (χ1n) is 6.42. The standard InChI is InChI=1S/C15H23NO.CH4/c1-5-13-7-6-8-14(10-13)15(17)16-12(4)9-11(2)3;/h6-8,10-12H,5,9H2,1-4H3,(H,16,17);1H4/t12-;/m1./s1. The fourth-order valence-corrected chi connectivity index (χ4v) is 2.01. The van der Waals surface area contributed by atoms with Crippen LogP contribution in [-0.4, -0.2) is 11.9 Å². The molecule has 1 amide bonds. The highest BCUT2D eigenvalue weighted by Crippen LogP contribution is 2.08. The van der Waals surface area contributed by atoms with E-state index in [0.29, 0.717) is 5.92 Å². The van der Waals surface area contributed by atoms with Crippen molar-refractivity contribution in [2.45, 2.75) is 54.0 Å². The van der Waals surface area contributed by atoms with E-state index in [4.69, 9.17) is 0 Å². The predicted molar refractivity (Wildman–Crippen MR) is 78.9 cm³/mol. The fraction of sp³-hybridized carbons (Fsp3) is 0.562. The Balaban J connectivity index is 0.00000289. The Morgan fingerprint density at radius 3 is 2.50 bits per heavy atom. The molecule has 0 saturated carbocycles. The summed E-state index contributed by atoms with van der Waals surface area (Å²) in [6.07, 6.45) is 1.97. The van der Waals surface area contributed by atoms with Gasteiger partial charge < -0.3 is 5.32 Å². The minimum atomic E-state index is 0. The highest BCUT2D eigenvalue weighted by atomic mass is 16.1. The summed E-state index contributed by atoms with van der Waals surface area (Å²) in [4.78, 5) is 12.0. The number of carbonyl (C=O) groups excluding carboxylic acids is 1. The topological polar surface area (TPSA) is 29.1 Å². The van der Waals surface area contributed by atoms with E-state index < -0.39 is 0 Å². The average Bonchev–Trinajstić information content (AvgIpc) is 2.27. The van der Waals surface area contributed by atoms with Gasteiger partial charge in [-0.2, -0.15) is 0 Å². The number of hydrogen-bond acceptors (Lipinski definition) is 1. The van der Waals surface area contributed by atoms with Crippen LogP contribution in [-0.2, 0) is 6.42 Å². The Morgan fingerprint density at radius 2 is 1.94 bits per heavy atom. The number of nitrogens with one attached hydrogen (secondary N) is 1. The van der Waals surface area contributed by atoms with Gasteiger partial charge in [-0.15, -0.1) is 0 Å². The summed E-state index contributed by atoms with van der Waals surface area (Å²) >= 11 is 0. The van der Waals surface area contributed by atoms with Crippen molar-refractivity contribution in [2.24, 2.45) is 5.92 Å². The summed E-state index contributed by atoms with van der Waals surface area (Å²) in [5, 5.41) is 3.04. The second-order valence-corrected chi connectivity index (χ2v) is 5.06. The van der Waals surface area contributed by atoms with E-state index in [0.717, 1.165) is 18.4 Å². The molecule has 0 fully saturated rings. The zero-order chi connectivity index (χ0) is 12.8. The molecule has 0 radical (unpaired) electrons. The SMILES string of the molecule is C.CCc1cccc(C(=O)N[C@H](C)CC(C)C)c1. The van der Waals surface area contributed by atoms with Crippen molar-refractivity contribution in [1.29, 1.82) is 0 Å². The molecule has 0 aliphatic carbocycles. The van der Waals surface area contributed by atoms with E-state index in [1.54, 1.807) is 0 Å². The van der Waals surface area contributed by atoms with Crippen molar-refractivity contribution in [3.63, 3.8) is 0 Å². The van der Waals surface area contributed by atoms with E-state index in [2.05, 4.69) is 33.0 Å². The molecule has 102 valence electrons. The maximum atomic E-state index is 12.0. The molecular formula is C16H27NO. The van der Waals surface area contributed by atoms with Gasteiger partial charge in [0.05, 0.1) is 0 Å². The molecule has 0 heterocycles. The molecular weight excluding hydrogens is 222 g/mol. The van der Waals surface area contributed by atoms with Crippen LogP contribution in [0.5, 0.6) is 0 Å². The van der Waals surface area contributed by atoms with Crippen molar-refractivity contribution < 1.29 is 4.79 Å². The van der Waals surface area contributed by atoms with Crippen LogP contribution in [0, 0.1) is 5.92 Å². The largest absolute Gasteiger partial charge is 0.350 e. The van der Waals surface area contributed by atoms with Crippen molar-refractivity contribution in [3.8, 4) is 0 Å². The zero-order valence-corrected chi connectivity index (χ0v) is 11.3. The highest BCUT2D eigenvalue weighted by Gasteiger charge is 2.10. The van der Waals surface area contributed by atoms with Crippen molar-refractivity contribution in [2.75, 3.05) is 0 Å². The first kappa shape index (κ1) is 16.7. The van der Waals surface area contributed by atoms with Gasteiger partial charge in [-0.25, -0.2) is 0 Å². The Kier molecular flexibility index (Phi) is 7.33. The van der Waals surface area contributed by atoms with Crippen LogP contribution in [0.4, 0.5) is 0 Å². The smallest absolute Gasteiger partial charge is 0.251 e. The summed E-state index contributed by atoms with van der Waals surface area (Å²) in [6.45, 7) is 8.49. The number of benzene rings is 1. The Hall–Kier alpha value is -1.31. The van der Waals surface area contributed by atoms with E-state index in [-0.39, 0.29) is 19.4 Å². The van der Waals surface area contributed by atoms with E-state index >= 15 is 0 Å². The van der Waals surface area contributed by atoms with Gasteiger partial charge in [0.25, 0.3) is 5.91 Å². The number of hydrogen-bond donors (Lipinski definition) is 1. The second kappa shape index (κ2) is 7.91. The van der Waals surface area contributed by atoms with Crippen LogP contribution >= 0.6 is 0 Å². The molecule has 0 aliphatic heterocycles. The van der Waals surface area contributed by atoms with Gasteiger partial charge in [0, 0.05) is 11.6 Å². The van der Waals surface area contributed by atoms with Gasteiger partial charge in [-0.05, 0) is 43.4 Å². The quantitative estimate of drug-likeness (QED) is 0.838. The summed E-state index contributed by atoms with van der Waals surface area (Å²) in [6, 6.07) is 8.07. The van der Waals surface area contributed by atoms with Crippen molar-refractivity contribution in [3.05, 3.63) is 35.4 Å². The molecule has 0 unspecified atom stereocenters. The predicted octanol–water partition coefficient (Wildman–Crippen LogP) is 4.05. The summed E-state index contributed by atoms with van der Waals surface area (Å²) in [7, 11) is 0. The van der Waals surface area contributed by atoms with Crippen LogP contribution in [0.2, 0.25) is 0 Å². The molecule has 1 N–H and O–H groups in total. The molecule has 1 atom stereocenters. The molecule has 18 heavy (non-hydrogen) atoms. The molecule has 2 heteroatoms. The van der Waals surface area contributed by atoms with Crippen LogP contribution in [0.25, 0.3) is 0 Å². The van der Waals surface area contributed by atoms with E-state index in [1.165, 1.54) is 5.56 Å². The summed E-state index contributed by atoms with van der Waals surface area (Å²) < 4.78 is 0.